The normalized spacial score (nSPS) is 17.4. The van der Waals surface area contributed by atoms with Crippen molar-refractivity contribution in [3.63, 3.8) is 0 Å². The van der Waals surface area contributed by atoms with E-state index < -0.39 is 12.0 Å². The molecule has 0 radical (unpaired) electrons. The van der Waals surface area contributed by atoms with Gasteiger partial charge in [-0.25, -0.2) is 4.79 Å². The summed E-state index contributed by atoms with van der Waals surface area (Å²) in [5, 5.41) is 5.80. The second-order valence-corrected chi connectivity index (χ2v) is 6.42. The van der Waals surface area contributed by atoms with Crippen molar-refractivity contribution in [1.82, 2.24) is 14.5 Å². The first-order valence-electron chi connectivity index (χ1n) is 6.37. The van der Waals surface area contributed by atoms with Crippen LogP contribution in [0.1, 0.15) is 31.8 Å². The van der Waals surface area contributed by atoms with Gasteiger partial charge in [0.25, 0.3) is 5.91 Å². The third-order valence-electron chi connectivity index (χ3n) is 3.50. The van der Waals surface area contributed by atoms with Crippen molar-refractivity contribution in [2.75, 3.05) is 13.7 Å². The van der Waals surface area contributed by atoms with E-state index in [4.69, 9.17) is 4.74 Å². The minimum Gasteiger partial charge on any atom is -0.467 e. The van der Waals surface area contributed by atoms with E-state index in [-0.39, 0.29) is 5.91 Å². The molecule has 3 heterocycles. The van der Waals surface area contributed by atoms with Crippen LogP contribution in [-0.2, 0) is 16.0 Å². The molecule has 0 saturated carbocycles. The summed E-state index contributed by atoms with van der Waals surface area (Å²) in [6.45, 7) is 2.23. The van der Waals surface area contributed by atoms with E-state index >= 15 is 0 Å². The van der Waals surface area contributed by atoms with Crippen LogP contribution in [0.5, 0.6) is 0 Å². The number of hydrogen-bond donors (Lipinski definition) is 0. The first-order valence-corrected chi connectivity index (χ1v) is 8.02. The van der Waals surface area contributed by atoms with Crippen LogP contribution < -0.4 is 0 Å². The van der Waals surface area contributed by atoms with E-state index in [2.05, 4.69) is 9.59 Å². The molecule has 0 N–H and O–H groups in total. The van der Waals surface area contributed by atoms with Crippen LogP contribution in [0.15, 0.2) is 11.4 Å². The molecular formula is C13H13N3O3S2. The second-order valence-electron chi connectivity index (χ2n) is 4.66. The van der Waals surface area contributed by atoms with Gasteiger partial charge < -0.3 is 9.64 Å². The highest BCUT2D eigenvalue weighted by molar-refractivity contribution is 7.10. The number of methoxy groups -OCH3 is 1. The fourth-order valence-electron chi connectivity index (χ4n) is 2.46. The predicted molar refractivity (Wildman–Crippen MR) is 78.5 cm³/mol. The van der Waals surface area contributed by atoms with Gasteiger partial charge in [0, 0.05) is 11.4 Å². The first-order chi connectivity index (χ1) is 10.1. The topological polar surface area (TPSA) is 72.4 Å². The molecule has 0 aliphatic carbocycles. The highest BCUT2D eigenvalue weighted by Gasteiger charge is 2.38. The number of carbonyl (C=O) groups is 2. The zero-order valence-corrected chi connectivity index (χ0v) is 13.2. The highest BCUT2D eigenvalue weighted by Crippen LogP contribution is 2.35. The lowest BCUT2D eigenvalue weighted by molar-refractivity contribution is -0.146. The average molecular weight is 323 g/mol. The third kappa shape index (κ3) is 2.34. The maximum atomic E-state index is 12.7. The van der Waals surface area contributed by atoms with Gasteiger partial charge in [-0.2, -0.15) is 0 Å². The molecule has 0 fully saturated rings. The maximum Gasteiger partial charge on any atom is 0.333 e. The number of esters is 1. The van der Waals surface area contributed by atoms with Gasteiger partial charge >= 0.3 is 5.97 Å². The van der Waals surface area contributed by atoms with E-state index in [9.17, 15) is 9.59 Å². The van der Waals surface area contributed by atoms with E-state index in [1.807, 2.05) is 11.4 Å². The molecule has 0 spiro atoms. The SMILES string of the molecule is COC(=O)C1c2ccsc2CCN1C(=O)c1snnc1C. The van der Waals surface area contributed by atoms with Crippen LogP contribution in [0, 0.1) is 6.92 Å². The number of rotatable bonds is 2. The quantitative estimate of drug-likeness (QED) is 0.788. The summed E-state index contributed by atoms with van der Waals surface area (Å²) < 4.78 is 8.68. The molecule has 1 atom stereocenters. The van der Waals surface area contributed by atoms with Crippen molar-refractivity contribution in [2.45, 2.75) is 19.4 Å². The molecule has 1 aliphatic rings. The second kappa shape index (κ2) is 5.53. The predicted octanol–water partition coefficient (Wildman–Crippen LogP) is 1.82. The zero-order valence-electron chi connectivity index (χ0n) is 11.5. The maximum absolute atomic E-state index is 12.7. The Morgan fingerprint density at radius 3 is 2.95 bits per heavy atom. The molecule has 1 aliphatic heterocycles. The minimum absolute atomic E-state index is 0.213. The van der Waals surface area contributed by atoms with Crippen molar-refractivity contribution < 1.29 is 14.3 Å². The summed E-state index contributed by atoms with van der Waals surface area (Å²) in [4.78, 5) is 28.0. The number of fused-ring (bicyclic) bond motifs is 1. The molecule has 8 heteroatoms. The molecule has 110 valence electrons. The average Bonchev–Trinajstić information content (AvgIpc) is 3.12. The minimum atomic E-state index is -0.681. The molecule has 6 nitrogen and oxygen atoms in total. The number of amides is 1. The number of aromatic nitrogens is 2. The summed E-state index contributed by atoms with van der Waals surface area (Å²) in [5.74, 6) is -0.632. The van der Waals surface area contributed by atoms with Crippen molar-refractivity contribution in [3.8, 4) is 0 Å². The van der Waals surface area contributed by atoms with Crippen molar-refractivity contribution in [1.29, 1.82) is 0 Å². The van der Waals surface area contributed by atoms with Crippen LogP contribution in [0.25, 0.3) is 0 Å². The number of hydrogen-bond acceptors (Lipinski definition) is 7. The smallest absolute Gasteiger partial charge is 0.333 e. The molecule has 1 unspecified atom stereocenters. The van der Waals surface area contributed by atoms with Crippen molar-refractivity contribution in [3.05, 3.63) is 32.5 Å². The lowest BCUT2D eigenvalue weighted by atomic mass is 9.99. The lowest BCUT2D eigenvalue weighted by Gasteiger charge is -2.33. The van der Waals surface area contributed by atoms with Crippen LogP contribution in [0.3, 0.4) is 0 Å². The van der Waals surface area contributed by atoms with E-state index in [1.165, 1.54) is 7.11 Å². The lowest BCUT2D eigenvalue weighted by Crippen LogP contribution is -2.43. The molecule has 0 aromatic carbocycles. The fraction of sp³-hybridized carbons (Fsp3) is 0.385. The summed E-state index contributed by atoms with van der Waals surface area (Å²) >= 11 is 2.66. The van der Waals surface area contributed by atoms with E-state index in [0.29, 0.717) is 17.1 Å². The number of carbonyl (C=O) groups excluding carboxylic acids is 2. The molecule has 2 aromatic heterocycles. The van der Waals surface area contributed by atoms with Gasteiger partial charge in [-0.1, -0.05) is 4.49 Å². The number of thiophene rings is 1. The molecule has 0 saturated heterocycles. The molecule has 21 heavy (non-hydrogen) atoms. The molecular weight excluding hydrogens is 310 g/mol. The van der Waals surface area contributed by atoms with Gasteiger partial charge in [-0.3, -0.25) is 4.79 Å². The summed E-state index contributed by atoms with van der Waals surface area (Å²) in [6, 6.07) is 1.21. The number of ether oxygens (including phenoxy) is 1. The Balaban J connectivity index is 2.00. The van der Waals surface area contributed by atoms with Crippen LogP contribution >= 0.6 is 22.9 Å². The Kier molecular flexibility index (Phi) is 3.73. The highest BCUT2D eigenvalue weighted by atomic mass is 32.1. The standard InChI is InChI=1S/C13H13N3O3S2/c1-7-11(21-15-14-7)12(17)16-5-3-9-8(4-6-20-9)10(16)13(18)19-2/h4,6,10H,3,5H2,1-2H3. The van der Waals surface area contributed by atoms with Crippen molar-refractivity contribution in [2.24, 2.45) is 0 Å². The number of aryl methyl sites for hydroxylation is 1. The van der Waals surface area contributed by atoms with E-state index in [1.54, 1.807) is 23.2 Å². The van der Waals surface area contributed by atoms with Gasteiger partial charge in [-0.05, 0) is 41.9 Å². The Morgan fingerprint density at radius 1 is 1.48 bits per heavy atom. The third-order valence-corrected chi connectivity index (χ3v) is 5.31. The molecule has 1 amide bonds. The molecule has 2 aromatic rings. The van der Waals surface area contributed by atoms with Crippen LogP contribution in [0.2, 0.25) is 0 Å². The summed E-state index contributed by atoms with van der Waals surface area (Å²) in [6.07, 6.45) is 0.748. The largest absolute Gasteiger partial charge is 0.467 e. The van der Waals surface area contributed by atoms with Crippen molar-refractivity contribution >= 4 is 34.7 Å². The van der Waals surface area contributed by atoms with Gasteiger partial charge in [0.15, 0.2) is 6.04 Å². The molecule has 3 rings (SSSR count). The summed E-state index contributed by atoms with van der Waals surface area (Å²) in [5.41, 5.74) is 1.45. The number of nitrogens with zero attached hydrogens (tertiary/aromatic N) is 3. The van der Waals surface area contributed by atoms with Gasteiger partial charge in [-0.15, -0.1) is 16.4 Å². The molecule has 0 bridgehead atoms. The van der Waals surface area contributed by atoms with Crippen LogP contribution in [-0.4, -0.2) is 40.0 Å². The van der Waals surface area contributed by atoms with E-state index in [0.717, 1.165) is 28.4 Å². The Morgan fingerprint density at radius 2 is 2.29 bits per heavy atom. The van der Waals surface area contributed by atoms with Gasteiger partial charge in [0.1, 0.15) is 4.88 Å². The first kappa shape index (κ1) is 14.2. The Bertz CT molecular complexity index is 694. The monoisotopic (exact) mass is 323 g/mol. The zero-order chi connectivity index (χ0) is 15.0. The fourth-order valence-corrected chi connectivity index (χ4v) is 3.98. The van der Waals surface area contributed by atoms with Crippen LogP contribution in [0.4, 0.5) is 0 Å². The Hall–Kier alpha value is -1.80. The Labute approximate surface area is 129 Å². The summed E-state index contributed by atoms with van der Waals surface area (Å²) in [7, 11) is 1.34. The van der Waals surface area contributed by atoms with Gasteiger partial charge in [0.2, 0.25) is 0 Å². The van der Waals surface area contributed by atoms with Gasteiger partial charge in [0.05, 0.1) is 12.8 Å².